The fraction of sp³-hybridized carbons (Fsp3) is 0.941. The predicted octanol–water partition coefficient (Wildman–Crippen LogP) is 6.87. The average Bonchev–Trinajstić information content (AvgIpc) is 3.27. The third-order valence-corrected chi connectivity index (χ3v) is 17.9. The number of hydrazine groups is 1. The van der Waals surface area contributed by atoms with E-state index in [-0.39, 0.29) is 23.5 Å². The molecule has 0 aromatic rings. The van der Waals surface area contributed by atoms with E-state index < -0.39 is 8.32 Å². The van der Waals surface area contributed by atoms with Crippen molar-refractivity contribution in [2.75, 3.05) is 20.8 Å². The molecule has 2 amide bonds. The van der Waals surface area contributed by atoms with Gasteiger partial charge in [-0.3, -0.25) is 20.4 Å². The van der Waals surface area contributed by atoms with Gasteiger partial charge < -0.3 is 13.9 Å². The van der Waals surface area contributed by atoms with Gasteiger partial charge in [-0.25, -0.2) is 0 Å². The standard InChI is InChI=1S/C34H62N2O5Si/c1-22(11-14-29(37)35-36-30(38)21-39-7)25-12-13-26-31-27(16-18-34(25,26)6)33(5)17-15-24(19-23(33)20-28(31)40-8)41-42(9,10)32(2,3)4/h22-28,31H,11-21H2,1-10H3,(H,35,37)(H,36,38)/t22-,23+,24?,25-,26+,27+,28-,31+,33+,34-/m1/s1. The zero-order valence-electron chi connectivity index (χ0n) is 28.4. The summed E-state index contributed by atoms with van der Waals surface area (Å²) in [5, 5.41) is 0.244. The van der Waals surface area contributed by atoms with Gasteiger partial charge in [0.2, 0.25) is 5.91 Å². The Hall–Kier alpha value is -0.963. The van der Waals surface area contributed by atoms with Gasteiger partial charge in [-0.05, 0) is 122 Å². The van der Waals surface area contributed by atoms with Crippen molar-refractivity contribution in [2.24, 2.45) is 46.3 Å². The van der Waals surface area contributed by atoms with E-state index in [0.29, 0.717) is 59.0 Å². The van der Waals surface area contributed by atoms with Gasteiger partial charge in [-0.15, -0.1) is 0 Å². The van der Waals surface area contributed by atoms with Crippen molar-refractivity contribution in [3.63, 3.8) is 0 Å². The number of ether oxygens (including phenoxy) is 2. The summed E-state index contributed by atoms with van der Waals surface area (Å²) in [6.07, 6.45) is 12.0. The Labute approximate surface area is 257 Å². The summed E-state index contributed by atoms with van der Waals surface area (Å²) in [7, 11) is 1.64. The van der Waals surface area contributed by atoms with E-state index in [2.05, 4.69) is 65.5 Å². The summed E-state index contributed by atoms with van der Waals surface area (Å²) in [4.78, 5) is 24.0. The van der Waals surface area contributed by atoms with Crippen LogP contribution < -0.4 is 10.9 Å². The molecule has 4 saturated carbocycles. The Morgan fingerprint density at radius 1 is 0.929 bits per heavy atom. The van der Waals surface area contributed by atoms with E-state index in [1.165, 1.54) is 58.5 Å². The Balaban J connectivity index is 1.41. The molecular weight excluding hydrogens is 544 g/mol. The first-order valence-corrected chi connectivity index (χ1v) is 19.8. The fourth-order valence-corrected chi connectivity index (χ4v) is 11.4. The molecule has 0 saturated heterocycles. The zero-order chi connectivity index (χ0) is 31.1. The van der Waals surface area contributed by atoms with E-state index in [9.17, 15) is 9.59 Å². The van der Waals surface area contributed by atoms with Crippen LogP contribution >= 0.6 is 0 Å². The van der Waals surface area contributed by atoms with Gasteiger partial charge >= 0.3 is 0 Å². The zero-order valence-corrected chi connectivity index (χ0v) is 29.4. The highest BCUT2D eigenvalue weighted by molar-refractivity contribution is 6.74. The van der Waals surface area contributed by atoms with Crippen molar-refractivity contribution < 1.29 is 23.5 Å². The topological polar surface area (TPSA) is 85.9 Å². The SMILES string of the molecule is COCC(=O)NNC(=O)CC[C@@H](C)[C@H]1CC[C@H]2[C@@H]3[C@H](OC)C[C@@H]4CC(O[Si](C)(C)C(C)(C)C)CC[C@]4(C)[C@H]3CC[C@]12C. The monoisotopic (exact) mass is 606 g/mol. The summed E-state index contributed by atoms with van der Waals surface area (Å²) >= 11 is 0. The minimum absolute atomic E-state index is 0.0613. The minimum Gasteiger partial charge on any atom is -0.414 e. The van der Waals surface area contributed by atoms with Gasteiger partial charge in [0.15, 0.2) is 8.32 Å². The molecule has 0 aromatic heterocycles. The lowest BCUT2D eigenvalue weighted by Gasteiger charge is -2.63. The van der Waals surface area contributed by atoms with Gasteiger partial charge in [0.25, 0.3) is 5.91 Å². The first kappa shape index (κ1) is 33.9. The van der Waals surface area contributed by atoms with Crippen LogP contribution in [0.15, 0.2) is 0 Å². The number of hydrogen-bond acceptors (Lipinski definition) is 5. The van der Waals surface area contributed by atoms with Gasteiger partial charge in [0.1, 0.15) is 6.61 Å². The normalized spacial score (nSPS) is 39.0. The summed E-state index contributed by atoms with van der Waals surface area (Å²) < 4.78 is 18.2. The summed E-state index contributed by atoms with van der Waals surface area (Å²) in [6.45, 7) is 19.3. The van der Waals surface area contributed by atoms with Crippen LogP contribution in [0.4, 0.5) is 0 Å². The minimum atomic E-state index is -1.79. The number of fused-ring (bicyclic) bond motifs is 5. The molecule has 1 unspecified atom stereocenters. The molecule has 8 heteroatoms. The van der Waals surface area contributed by atoms with Crippen molar-refractivity contribution in [1.82, 2.24) is 10.9 Å². The molecule has 7 nitrogen and oxygen atoms in total. The van der Waals surface area contributed by atoms with Crippen LogP contribution in [0.5, 0.6) is 0 Å². The lowest BCUT2D eigenvalue weighted by Crippen LogP contribution is -2.59. The molecule has 0 spiro atoms. The van der Waals surface area contributed by atoms with E-state index in [0.717, 1.165) is 12.3 Å². The number of carbonyl (C=O) groups is 2. The maximum Gasteiger partial charge on any atom is 0.264 e. The second kappa shape index (κ2) is 12.8. The molecule has 2 N–H and O–H groups in total. The van der Waals surface area contributed by atoms with Crippen LogP contribution in [0.1, 0.15) is 106 Å². The molecule has 4 aliphatic rings. The van der Waals surface area contributed by atoms with E-state index in [4.69, 9.17) is 13.9 Å². The van der Waals surface area contributed by atoms with Crippen molar-refractivity contribution in [2.45, 2.75) is 136 Å². The molecule has 10 atom stereocenters. The lowest BCUT2D eigenvalue weighted by molar-refractivity contribution is -0.181. The molecule has 0 radical (unpaired) electrons. The van der Waals surface area contributed by atoms with E-state index in [1.807, 2.05) is 7.11 Å². The Kier molecular flexibility index (Phi) is 10.3. The first-order valence-electron chi connectivity index (χ1n) is 16.8. The Morgan fingerprint density at radius 2 is 1.57 bits per heavy atom. The van der Waals surface area contributed by atoms with Crippen molar-refractivity contribution >= 4 is 20.1 Å². The quantitative estimate of drug-likeness (QED) is 0.221. The number of rotatable bonds is 9. The largest absolute Gasteiger partial charge is 0.414 e. The number of hydrogen-bond donors (Lipinski definition) is 2. The molecule has 4 fully saturated rings. The van der Waals surface area contributed by atoms with Crippen LogP contribution in [0.25, 0.3) is 0 Å². The molecule has 0 heterocycles. The maximum absolute atomic E-state index is 12.4. The number of methoxy groups -OCH3 is 2. The smallest absolute Gasteiger partial charge is 0.264 e. The van der Waals surface area contributed by atoms with Crippen LogP contribution in [-0.2, 0) is 23.5 Å². The average molecular weight is 607 g/mol. The Morgan fingerprint density at radius 3 is 2.21 bits per heavy atom. The number of nitrogens with one attached hydrogen (secondary N) is 2. The second-order valence-corrected chi connectivity index (χ2v) is 21.3. The van der Waals surface area contributed by atoms with Gasteiger partial charge in [-0.2, -0.15) is 0 Å². The van der Waals surface area contributed by atoms with Crippen LogP contribution in [-0.4, -0.2) is 53.2 Å². The van der Waals surface area contributed by atoms with Crippen molar-refractivity contribution in [3.8, 4) is 0 Å². The number of amides is 2. The number of carbonyl (C=O) groups excluding carboxylic acids is 2. The molecule has 242 valence electrons. The van der Waals surface area contributed by atoms with E-state index >= 15 is 0 Å². The summed E-state index contributed by atoms with van der Waals surface area (Å²) in [5.41, 5.74) is 5.65. The van der Waals surface area contributed by atoms with Crippen molar-refractivity contribution in [1.29, 1.82) is 0 Å². The third kappa shape index (κ3) is 6.52. The summed E-state index contributed by atoms with van der Waals surface area (Å²) in [5.74, 6) is 3.34. The highest BCUT2D eigenvalue weighted by Gasteiger charge is 2.63. The molecule has 0 bridgehead atoms. The third-order valence-electron chi connectivity index (χ3n) is 13.4. The van der Waals surface area contributed by atoms with Crippen LogP contribution in [0.3, 0.4) is 0 Å². The predicted molar refractivity (Wildman–Crippen MR) is 170 cm³/mol. The van der Waals surface area contributed by atoms with Crippen LogP contribution in [0, 0.1) is 46.3 Å². The molecule has 4 rings (SSSR count). The maximum atomic E-state index is 12.4. The first-order chi connectivity index (χ1) is 19.6. The fourth-order valence-electron chi connectivity index (χ4n) is 10.0. The van der Waals surface area contributed by atoms with E-state index in [1.54, 1.807) is 0 Å². The molecule has 0 aliphatic heterocycles. The van der Waals surface area contributed by atoms with Gasteiger partial charge in [0.05, 0.1) is 6.10 Å². The van der Waals surface area contributed by atoms with Crippen LogP contribution in [0.2, 0.25) is 18.1 Å². The lowest BCUT2D eigenvalue weighted by atomic mass is 9.43. The van der Waals surface area contributed by atoms with Gasteiger partial charge in [0, 0.05) is 26.7 Å². The molecule has 42 heavy (non-hydrogen) atoms. The molecule has 4 aliphatic carbocycles. The molecule has 0 aromatic carbocycles. The Bertz CT molecular complexity index is 968. The molecular formula is C34H62N2O5Si. The summed E-state index contributed by atoms with van der Waals surface area (Å²) in [6, 6.07) is 0. The highest BCUT2D eigenvalue weighted by Crippen LogP contribution is 2.69. The van der Waals surface area contributed by atoms with Gasteiger partial charge in [-0.1, -0.05) is 41.5 Å². The second-order valence-electron chi connectivity index (χ2n) is 16.6. The highest BCUT2D eigenvalue weighted by atomic mass is 28.4. The van der Waals surface area contributed by atoms with Crippen molar-refractivity contribution in [3.05, 3.63) is 0 Å².